The Hall–Kier alpha value is -1.45. The summed E-state index contributed by atoms with van der Waals surface area (Å²) < 4.78 is 5.28. The highest BCUT2D eigenvalue weighted by Gasteiger charge is 2.18. The Balaban J connectivity index is 2.24. The lowest BCUT2D eigenvalue weighted by atomic mass is 10.1. The second-order valence-electron chi connectivity index (χ2n) is 4.49. The molecule has 3 heteroatoms. The number of rotatable bonds is 5. The average Bonchev–Trinajstić information content (AvgIpc) is 2.45. The molecular weight excluding hydrogens is 254 g/mol. The first-order chi connectivity index (χ1) is 9.20. The van der Waals surface area contributed by atoms with Crippen LogP contribution in [-0.2, 0) is 0 Å². The third kappa shape index (κ3) is 3.75. The molecule has 0 saturated carbocycles. The summed E-state index contributed by atoms with van der Waals surface area (Å²) in [6.45, 7) is 2.04. The van der Waals surface area contributed by atoms with Crippen LogP contribution >= 0.6 is 11.8 Å². The van der Waals surface area contributed by atoms with E-state index >= 15 is 0 Å². The molecule has 0 aliphatic carbocycles. The number of methoxy groups -OCH3 is 1. The number of hydrogen-bond donors (Lipinski definition) is 1. The molecule has 0 saturated heterocycles. The van der Waals surface area contributed by atoms with Gasteiger partial charge in [0, 0.05) is 16.2 Å². The molecule has 2 rings (SSSR count). The molecule has 0 bridgehead atoms. The zero-order valence-electron chi connectivity index (χ0n) is 11.2. The first kappa shape index (κ1) is 14.0. The predicted octanol–water partition coefficient (Wildman–Crippen LogP) is 3.88. The van der Waals surface area contributed by atoms with Crippen LogP contribution in [0.15, 0.2) is 59.5 Å². The van der Waals surface area contributed by atoms with Gasteiger partial charge in [-0.25, -0.2) is 0 Å². The lowest BCUT2D eigenvalue weighted by Gasteiger charge is -2.21. The second-order valence-corrected chi connectivity index (χ2v) is 5.70. The van der Waals surface area contributed by atoms with E-state index in [9.17, 15) is 0 Å². The topological polar surface area (TPSA) is 35.2 Å². The zero-order valence-corrected chi connectivity index (χ0v) is 12.1. The van der Waals surface area contributed by atoms with E-state index in [2.05, 4.69) is 24.3 Å². The Bertz CT molecular complexity index is 513. The molecule has 2 unspecified atom stereocenters. The van der Waals surface area contributed by atoms with Gasteiger partial charge in [0.05, 0.1) is 7.11 Å². The summed E-state index contributed by atoms with van der Waals surface area (Å²) in [6, 6.07) is 18.5. The monoisotopic (exact) mass is 273 g/mol. The minimum Gasteiger partial charge on any atom is -0.497 e. The summed E-state index contributed by atoms with van der Waals surface area (Å²) in [4.78, 5) is 1.23. The predicted molar refractivity (Wildman–Crippen MR) is 81.7 cm³/mol. The Morgan fingerprint density at radius 2 is 1.79 bits per heavy atom. The molecule has 0 amide bonds. The molecule has 0 radical (unpaired) electrons. The first-order valence-corrected chi connectivity index (χ1v) is 7.20. The van der Waals surface area contributed by atoms with Crippen molar-refractivity contribution in [1.82, 2.24) is 0 Å². The molecule has 2 aromatic carbocycles. The molecule has 0 heterocycles. The van der Waals surface area contributed by atoms with Gasteiger partial charge in [-0.05, 0) is 36.8 Å². The lowest BCUT2D eigenvalue weighted by Crippen LogP contribution is -2.22. The molecule has 0 aliphatic heterocycles. The Labute approximate surface area is 119 Å². The number of benzene rings is 2. The van der Waals surface area contributed by atoms with Gasteiger partial charge in [0.25, 0.3) is 0 Å². The highest BCUT2D eigenvalue weighted by atomic mass is 32.2. The molecule has 100 valence electrons. The van der Waals surface area contributed by atoms with Crippen molar-refractivity contribution >= 4 is 11.8 Å². The zero-order chi connectivity index (χ0) is 13.7. The van der Waals surface area contributed by atoms with E-state index in [1.54, 1.807) is 18.9 Å². The van der Waals surface area contributed by atoms with E-state index < -0.39 is 0 Å². The Kier molecular flexibility index (Phi) is 4.88. The molecule has 19 heavy (non-hydrogen) atoms. The van der Waals surface area contributed by atoms with Crippen LogP contribution in [0.3, 0.4) is 0 Å². The van der Waals surface area contributed by atoms with Gasteiger partial charge in [-0.15, -0.1) is 11.8 Å². The first-order valence-electron chi connectivity index (χ1n) is 6.32. The van der Waals surface area contributed by atoms with E-state index in [0.717, 1.165) is 5.75 Å². The van der Waals surface area contributed by atoms with Crippen molar-refractivity contribution in [2.24, 2.45) is 5.73 Å². The van der Waals surface area contributed by atoms with Crippen molar-refractivity contribution in [2.75, 3.05) is 7.11 Å². The second kappa shape index (κ2) is 6.64. The molecule has 2 N–H and O–H groups in total. The summed E-state index contributed by atoms with van der Waals surface area (Å²) in [7, 11) is 1.68. The van der Waals surface area contributed by atoms with Crippen LogP contribution in [0.2, 0.25) is 0 Å². The number of hydrogen-bond acceptors (Lipinski definition) is 3. The van der Waals surface area contributed by atoms with Crippen LogP contribution in [0.4, 0.5) is 0 Å². The quantitative estimate of drug-likeness (QED) is 0.840. The minimum absolute atomic E-state index is 0.0670. The van der Waals surface area contributed by atoms with E-state index in [0.29, 0.717) is 0 Å². The van der Waals surface area contributed by atoms with Gasteiger partial charge in [-0.2, -0.15) is 0 Å². The van der Waals surface area contributed by atoms with Crippen LogP contribution in [-0.4, -0.2) is 13.2 Å². The van der Waals surface area contributed by atoms with Crippen molar-refractivity contribution in [3.8, 4) is 5.75 Å². The highest BCUT2D eigenvalue weighted by Crippen LogP contribution is 2.37. The van der Waals surface area contributed by atoms with Crippen LogP contribution in [0.1, 0.15) is 17.7 Å². The van der Waals surface area contributed by atoms with Gasteiger partial charge in [0.1, 0.15) is 5.75 Å². The molecule has 2 nitrogen and oxygen atoms in total. The molecule has 0 fully saturated rings. The highest BCUT2D eigenvalue weighted by molar-refractivity contribution is 7.99. The Morgan fingerprint density at radius 1 is 1.05 bits per heavy atom. The average molecular weight is 273 g/mol. The van der Waals surface area contributed by atoms with Gasteiger partial charge in [-0.3, -0.25) is 0 Å². The van der Waals surface area contributed by atoms with Gasteiger partial charge in [0.2, 0.25) is 0 Å². The summed E-state index contributed by atoms with van der Waals surface area (Å²) in [6.07, 6.45) is 0. The van der Waals surface area contributed by atoms with Crippen molar-refractivity contribution in [3.05, 3.63) is 60.2 Å². The molecule has 0 spiro atoms. The van der Waals surface area contributed by atoms with Gasteiger partial charge in [0.15, 0.2) is 0 Å². The van der Waals surface area contributed by atoms with E-state index in [4.69, 9.17) is 10.5 Å². The minimum atomic E-state index is 0.0670. The maximum Gasteiger partial charge on any atom is 0.119 e. The van der Waals surface area contributed by atoms with Crippen LogP contribution in [0.5, 0.6) is 5.75 Å². The third-order valence-corrected chi connectivity index (χ3v) is 4.41. The number of nitrogens with two attached hydrogens (primary N) is 1. The van der Waals surface area contributed by atoms with Gasteiger partial charge < -0.3 is 10.5 Å². The summed E-state index contributed by atoms with van der Waals surface area (Å²) in [5, 5.41) is 0.220. The SMILES string of the molecule is COc1cccc(C(Sc2ccccc2)C(C)N)c1. The third-order valence-electron chi connectivity index (χ3n) is 2.91. The molecule has 0 aromatic heterocycles. The summed E-state index contributed by atoms with van der Waals surface area (Å²) in [5.74, 6) is 0.872. The van der Waals surface area contributed by atoms with Gasteiger partial charge in [-0.1, -0.05) is 30.3 Å². The smallest absolute Gasteiger partial charge is 0.119 e. The standard InChI is InChI=1S/C16H19NOS/c1-12(17)16(19-15-9-4-3-5-10-15)13-7-6-8-14(11-13)18-2/h3-12,16H,17H2,1-2H3. The number of thioether (sulfide) groups is 1. The van der Waals surface area contributed by atoms with E-state index in [1.807, 2.05) is 37.3 Å². The summed E-state index contributed by atoms with van der Waals surface area (Å²) in [5.41, 5.74) is 7.34. The van der Waals surface area contributed by atoms with Crippen molar-refractivity contribution in [2.45, 2.75) is 23.1 Å². The van der Waals surface area contributed by atoms with Crippen LogP contribution in [0, 0.1) is 0 Å². The fraction of sp³-hybridized carbons (Fsp3) is 0.250. The van der Waals surface area contributed by atoms with Gasteiger partial charge >= 0.3 is 0 Å². The largest absolute Gasteiger partial charge is 0.497 e. The van der Waals surface area contributed by atoms with E-state index in [1.165, 1.54) is 10.5 Å². The lowest BCUT2D eigenvalue weighted by molar-refractivity contribution is 0.414. The Morgan fingerprint density at radius 3 is 2.42 bits per heavy atom. The molecular formula is C16H19NOS. The van der Waals surface area contributed by atoms with Crippen molar-refractivity contribution < 1.29 is 4.74 Å². The normalized spacial score (nSPS) is 13.8. The maximum absolute atomic E-state index is 6.15. The maximum atomic E-state index is 6.15. The van der Waals surface area contributed by atoms with E-state index in [-0.39, 0.29) is 11.3 Å². The number of ether oxygens (including phenoxy) is 1. The van der Waals surface area contributed by atoms with Crippen LogP contribution < -0.4 is 10.5 Å². The fourth-order valence-electron chi connectivity index (χ4n) is 1.94. The summed E-state index contributed by atoms with van der Waals surface area (Å²) >= 11 is 1.79. The van der Waals surface area contributed by atoms with Crippen LogP contribution in [0.25, 0.3) is 0 Å². The molecule has 0 aliphatic rings. The van der Waals surface area contributed by atoms with Crippen molar-refractivity contribution in [3.63, 3.8) is 0 Å². The molecule has 2 aromatic rings. The van der Waals surface area contributed by atoms with Crippen molar-refractivity contribution in [1.29, 1.82) is 0 Å². The molecule has 2 atom stereocenters. The fourth-order valence-corrected chi connectivity index (χ4v) is 3.05.